The van der Waals surface area contributed by atoms with Crippen molar-refractivity contribution >= 4 is 11.6 Å². The molecule has 0 N–H and O–H groups in total. The van der Waals surface area contributed by atoms with Gasteiger partial charge in [0.1, 0.15) is 5.15 Å². The Kier molecular flexibility index (Phi) is 3.10. The van der Waals surface area contributed by atoms with Crippen molar-refractivity contribution in [3.8, 4) is 0 Å². The molecule has 1 nitrogen and oxygen atoms in total. The molecule has 1 aromatic heterocycles. The molecule has 2 heteroatoms. The molecule has 0 saturated carbocycles. The second kappa shape index (κ2) is 3.90. The molecule has 66 valence electrons. The van der Waals surface area contributed by atoms with Crippen molar-refractivity contribution < 1.29 is 0 Å². The highest BCUT2D eigenvalue weighted by Crippen LogP contribution is 2.23. The minimum absolute atomic E-state index is 0.551. The van der Waals surface area contributed by atoms with E-state index in [1.165, 1.54) is 5.56 Å². The fourth-order valence-corrected chi connectivity index (χ4v) is 1.15. The summed E-state index contributed by atoms with van der Waals surface area (Å²) >= 11 is 5.68. The third kappa shape index (κ3) is 2.21. The van der Waals surface area contributed by atoms with E-state index in [-0.39, 0.29) is 0 Å². The van der Waals surface area contributed by atoms with Gasteiger partial charge in [0, 0.05) is 6.20 Å². The lowest BCUT2D eigenvalue weighted by Crippen LogP contribution is -2.01. The summed E-state index contributed by atoms with van der Waals surface area (Å²) in [5.41, 5.74) is 1.26. The zero-order valence-corrected chi connectivity index (χ0v) is 8.47. The molecule has 1 heterocycles. The first kappa shape index (κ1) is 9.53. The first-order valence-corrected chi connectivity index (χ1v) is 4.60. The van der Waals surface area contributed by atoms with Crippen molar-refractivity contribution in [2.24, 2.45) is 5.92 Å². The van der Waals surface area contributed by atoms with Crippen molar-refractivity contribution in [2.75, 3.05) is 0 Å². The molecule has 0 amide bonds. The Hall–Kier alpha value is -0.560. The van der Waals surface area contributed by atoms with Crippen LogP contribution in [0.5, 0.6) is 0 Å². The van der Waals surface area contributed by atoms with E-state index in [4.69, 9.17) is 11.6 Å². The van der Waals surface area contributed by atoms with Crippen molar-refractivity contribution in [3.63, 3.8) is 0 Å². The number of aromatic nitrogens is 1. The lowest BCUT2D eigenvalue weighted by molar-refractivity contribution is 0.534. The van der Waals surface area contributed by atoms with Gasteiger partial charge in [-0.05, 0) is 23.5 Å². The van der Waals surface area contributed by atoms with Gasteiger partial charge < -0.3 is 0 Å². The third-order valence-electron chi connectivity index (χ3n) is 2.28. The molecule has 1 atom stereocenters. The Bertz CT molecular complexity index is 241. The molecule has 1 rings (SSSR count). The van der Waals surface area contributed by atoms with Crippen LogP contribution < -0.4 is 0 Å². The van der Waals surface area contributed by atoms with Crippen LogP contribution in [0.25, 0.3) is 0 Å². The molecule has 0 aliphatic rings. The molecular weight excluding hydrogens is 170 g/mol. The second-order valence-corrected chi connectivity index (χ2v) is 3.83. The van der Waals surface area contributed by atoms with E-state index in [1.807, 2.05) is 18.3 Å². The lowest BCUT2D eigenvalue weighted by atomic mass is 9.92. The summed E-state index contributed by atoms with van der Waals surface area (Å²) in [6.45, 7) is 6.62. The quantitative estimate of drug-likeness (QED) is 0.640. The van der Waals surface area contributed by atoms with Gasteiger partial charge in [-0.2, -0.15) is 0 Å². The van der Waals surface area contributed by atoms with Crippen molar-refractivity contribution in [1.29, 1.82) is 0 Å². The first-order chi connectivity index (χ1) is 5.61. The van der Waals surface area contributed by atoms with Crippen LogP contribution in [0.15, 0.2) is 18.3 Å². The molecule has 1 aromatic rings. The zero-order valence-electron chi connectivity index (χ0n) is 7.71. The highest BCUT2D eigenvalue weighted by Gasteiger charge is 2.09. The summed E-state index contributed by atoms with van der Waals surface area (Å²) < 4.78 is 0. The van der Waals surface area contributed by atoms with Crippen LogP contribution in [0, 0.1) is 5.92 Å². The van der Waals surface area contributed by atoms with Gasteiger partial charge in [-0.25, -0.2) is 4.98 Å². The third-order valence-corrected chi connectivity index (χ3v) is 2.50. The Morgan fingerprint density at radius 1 is 1.25 bits per heavy atom. The molecule has 0 bridgehead atoms. The second-order valence-electron chi connectivity index (χ2n) is 3.45. The zero-order chi connectivity index (χ0) is 9.14. The van der Waals surface area contributed by atoms with Gasteiger partial charge in [-0.15, -0.1) is 0 Å². The Morgan fingerprint density at radius 2 is 1.92 bits per heavy atom. The maximum atomic E-state index is 5.68. The number of hydrogen-bond acceptors (Lipinski definition) is 1. The first-order valence-electron chi connectivity index (χ1n) is 4.22. The average Bonchev–Trinajstić information content (AvgIpc) is 2.04. The predicted octanol–water partition coefficient (Wildman–Crippen LogP) is 3.49. The molecule has 0 fully saturated rings. The summed E-state index contributed by atoms with van der Waals surface area (Å²) in [5, 5.41) is 0.565. The number of pyridine rings is 1. The topological polar surface area (TPSA) is 12.9 Å². The van der Waals surface area contributed by atoms with Crippen LogP contribution in [0.3, 0.4) is 0 Å². The monoisotopic (exact) mass is 183 g/mol. The largest absolute Gasteiger partial charge is 0.244 e. The molecule has 12 heavy (non-hydrogen) atoms. The summed E-state index contributed by atoms with van der Waals surface area (Å²) in [6.07, 6.45) is 1.85. The maximum absolute atomic E-state index is 5.68. The Balaban J connectivity index is 2.82. The highest BCUT2D eigenvalue weighted by molar-refractivity contribution is 6.29. The summed E-state index contributed by atoms with van der Waals surface area (Å²) in [4.78, 5) is 4.05. The van der Waals surface area contributed by atoms with Crippen LogP contribution in [0.1, 0.15) is 32.3 Å². The summed E-state index contributed by atoms with van der Waals surface area (Å²) in [7, 11) is 0. The molecular formula is C10H14ClN. The fourth-order valence-electron chi connectivity index (χ4n) is 1.04. The number of rotatable bonds is 2. The van der Waals surface area contributed by atoms with E-state index in [9.17, 15) is 0 Å². The maximum Gasteiger partial charge on any atom is 0.129 e. The van der Waals surface area contributed by atoms with Gasteiger partial charge in [0.2, 0.25) is 0 Å². The van der Waals surface area contributed by atoms with Gasteiger partial charge in [0.25, 0.3) is 0 Å². The van der Waals surface area contributed by atoms with E-state index < -0.39 is 0 Å². The molecule has 0 saturated heterocycles. The molecule has 0 aliphatic carbocycles. The normalized spacial score (nSPS) is 13.4. The van der Waals surface area contributed by atoms with Crippen molar-refractivity contribution in [2.45, 2.75) is 26.7 Å². The van der Waals surface area contributed by atoms with E-state index in [0.717, 1.165) is 0 Å². The van der Waals surface area contributed by atoms with Crippen molar-refractivity contribution in [3.05, 3.63) is 29.0 Å². The molecule has 0 radical (unpaired) electrons. The summed E-state index contributed by atoms with van der Waals surface area (Å²) in [6, 6.07) is 3.88. The van der Waals surface area contributed by atoms with E-state index in [2.05, 4.69) is 25.8 Å². The van der Waals surface area contributed by atoms with Crippen LogP contribution in [-0.4, -0.2) is 4.98 Å². The van der Waals surface area contributed by atoms with E-state index in [1.54, 1.807) is 0 Å². The standard InChI is InChI=1S/C10H14ClN/c1-7(2)8(3)9-4-5-10(11)12-6-9/h4-8H,1-3H3. The van der Waals surface area contributed by atoms with E-state index >= 15 is 0 Å². The Labute approximate surface area is 78.8 Å². The van der Waals surface area contributed by atoms with Gasteiger partial charge in [-0.3, -0.25) is 0 Å². The minimum atomic E-state index is 0.551. The molecule has 0 spiro atoms. The summed E-state index contributed by atoms with van der Waals surface area (Å²) in [5.74, 6) is 1.20. The Morgan fingerprint density at radius 3 is 2.33 bits per heavy atom. The number of nitrogens with zero attached hydrogens (tertiary/aromatic N) is 1. The van der Waals surface area contributed by atoms with Gasteiger partial charge >= 0.3 is 0 Å². The van der Waals surface area contributed by atoms with Crippen LogP contribution in [0.2, 0.25) is 5.15 Å². The molecule has 0 aromatic carbocycles. The highest BCUT2D eigenvalue weighted by atomic mass is 35.5. The average molecular weight is 184 g/mol. The van der Waals surface area contributed by atoms with Crippen molar-refractivity contribution in [1.82, 2.24) is 4.98 Å². The SMILES string of the molecule is CC(C)C(C)c1ccc(Cl)nc1. The fraction of sp³-hybridized carbons (Fsp3) is 0.500. The van der Waals surface area contributed by atoms with Crippen LogP contribution in [0.4, 0.5) is 0 Å². The van der Waals surface area contributed by atoms with Gasteiger partial charge in [0.05, 0.1) is 0 Å². The lowest BCUT2D eigenvalue weighted by Gasteiger charge is -2.14. The molecule has 1 unspecified atom stereocenters. The number of halogens is 1. The van der Waals surface area contributed by atoms with E-state index in [0.29, 0.717) is 17.0 Å². The minimum Gasteiger partial charge on any atom is -0.244 e. The van der Waals surface area contributed by atoms with Crippen LogP contribution >= 0.6 is 11.6 Å². The van der Waals surface area contributed by atoms with Gasteiger partial charge in [-0.1, -0.05) is 38.4 Å². The predicted molar refractivity (Wildman–Crippen MR) is 52.5 cm³/mol. The number of hydrogen-bond donors (Lipinski definition) is 0. The molecule has 0 aliphatic heterocycles. The smallest absolute Gasteiger partial charge is 0.129 e. The van der Waals surface area contributed by atoms with Crippen LogP contribution in [-0.2, 0) is 0 Å². The van der Waals surface area contributed by atoms with Gasteiger partial charge in [0.15, 0.2) is 0 Å².